The molecule has 194 valence electrons. The lowest BCUT2D eigenvalue weighted by Gasteiger charge is -2.31. The van der Waals surface area contributed by atoms with Gasteiger partial charge in [-0.15, -0.1) is 0 Å². The lowest BCUT2D eigenvalue weighted by atomic mass is 10.0. The first-order valence-electron chi connectivity index (χ1n) is 11.9. The molecule has 4 rings (SSSR count). The Morgan fingerprint density at radius 3 is 2.65 bits per heavy atom. The van der Waals surface area contributed by atoms with Gasteiger partial charge in [-0.3, -0.25) is 4.79 Å². The fourth-order valence-corrected chi connectivity index (χ4v) is 4.54. The van der Waals surface area contributed by atoms with Gasteiger partial charge in [0.05, 0.1) is 17.8 Å². The Hall–Kier alpha value is -3.85. The molecular weight excluding hydrogens is 495 g/mol. The minimum atomic E-state index is -0.328. The molecule has 0 saturated heterocycles. The zero-order chi connectivity index (χ0) is 26.5. The van der Waals surface area contributed by atoms with Gasteiger partial charge in [-0.05, 0) is 68.1 Å². The molecular formula is C27H30ClFN6O2. The van der Waals surface area contributed by atoms with Crippen LogP contribution in [0.1, 0.15) is 35.3 Å². The predicted octanol–water partition coefficient (Wildman–Crippen LogP) is 4.83. The van der Waals surface area contributed by atoms with Crippen LogP contribution in [0.25, 0.3) is 0 Å². The summed E-state index contributed by atoms with van der Waals surface area (Å²) in [4.78, 5) is 22.7. The van der Waals surface area contributed by atoms with Gasteiger partial charge >= 0.3 is 0 Å². The van der Waals surface area contributed by atoms with Crippen molar-refractivity contribution in [2.24, 2.45) is 0 Å². The van der Waals surface area contributed by atoms with Crippen LogP contribution in [-0.2, 0) is 12.8 Å². The highest BCUT2D eigenvalue weighted by Gasteiger charge is 2.18. The van der Waals surface area contributed by atoms with Crippen molar-refractivity contribution in [1.29, 1.82) is 0 Å². The summed E-state index contributed by atoms with van der Waals surface area (Å²) in [6, 6.07) is 8.60. The smallest absolute Gasteiger partial charge is 0.251 e. The molecule has 1 aliphatic rings. The molecule has 0 saturated carbocycles. The lowest BCUT2D eigenvalue weighted by Crippen LogP contribution is -2.41. The van der Waals surface area contributed by atoms with Crippen molar-refractivity contribution < 1.29 is 13.9 Å². The van der Waals surface area contributed by atoms with E-state index >= 15 is 0 Å². The molecule has 0 fully saturated rings. The Labute approximate surface area is 220 Å². The van der Waals surface area contributed by atoms with Gasteiger partial charge in [0, 0.05) is 55.2 Å². The van der Waals surface area contributed by atoms with E-state index in [0.717, 1.165) is 16.8 Å². The maximum Gasteiger partial charge on any atom is 0.251 e. The summed E-state index contributed by atoms with van der Waals surface area (Å²) < 4.78 is 20.2. The SMILES string of the molecule is CNC(=O)c1cc(CCc2cnc(Nc3ccc(N4C=C(C)N[C@@H](C)C4)c(F)c3)nc2)c(Cl)c(OC)c1. The number of carbonyl (C=O) groups is 1. The molecule has 37 heavy (non-hydrogen) atoms. The number of nitrogens with one attached hydrogen (secondary N) is 3. The number of rotatable bonds is 8. The number of hydrogen-bond acceptors (Lipinski definition) is 7. The molecule has 2 aromatic carbocycles. The molecule has 0 bridgehead atoms. The number of aromatic nitrogens is 2. The molecule has 0 spiro atoms. The van der Waals surface area contributed by atoms with E-state index in [1.165, 1.54) is 13.2 Å². The fraction of sp³-hybridized carbons (Fsp3) is 0.296. The Kier molecular flexibility index (Phi) is 8.13. The van der Waals surface area contributed by atoms with Crippen molar-refractivity contribution in [3.63, 3.8) is 0 Å². The van der Waals surface area contributed by atoms with Crippen LogP contribution in [0.2, 0.25) is 5.02 Å². The quantitative estimate of drug-likeness (QED) is 0.389. The molecule has 3 aromatic rings. The summed E-state index contributed by atoms with van der Waals surface area (Å²) in [6.45, 7) is 4.70. The second kappa shape index (κ2) is 11.5. The highest BCUT2D eigenvalue weighted by atomic mass is 35.5. The molecule has 1 aromatic heterocycles. The summed E-state index contributed by atoms with van der Waals surface area (Å²) in [5, 5.41) is 9.46. The third kappa shape index (κ3) is 6.29. The number of benzene rings is 2. The minimum absolute atomic E-state index is 0.214. The zero-order valence-electron chi connectivity index (χ0n) is 21.2. The Morgan fingerprint density at radius 2 is 2.00 bits per heavy atom. The molecule has 0 aliphatic carbocycles. The van der Waals surface area contributed by atoms with Gasteiger partial charge < -0.3 is 25.6 Å². The Balaban J connectivity index is 1.41. The van der Waals surface area contributed by atoms with Crippen molar-refractivity contribution in [2.75, 3.05) is 30.9 Å². The molecule has 2 heterocycles. The number of aryl methyl sites for hydroxylation is 2. The largest absolute Gasteiger partial charge is 0.495 e. The van der Waals surface area contributed by atoms with Gasteiger partial charge in [-0.1, -0.05) is 11.6 Å². The number of nitrogens with zero attached hydrogens (tertiary/aromatic N) is 3. The first-order valence-corrected chi connectivity index (χ1v) is 12.3. The number of hydrogen-bond donors (Lipinski definition) is 3. The summed E-state index contributed by atoms with van der Waals surface area (Å²) >= 11 is 6.46. The van der Waals surface area contributed by atoms with E-state index < -0.39 is 0 Å². The number of allylic oxidation sites excluding steroid dienone is 1. The second-order valence-corrected chi connectivity index (χ2v) is 9.32. The molecule has 1 aliphatic heterocycles. The highest BCUT2D eigenvalue weighted by Crippen LogP contribution is 2.31. The fourth-order valence-electron chi connectivity index (χ4n) is 4.26. The van der Waals surface area contributed by atoms with Crippen LogP contribution in [0.5, 0.6) is 5.75 Å². The predicted molar refractivity (Wildman–Crippen MR) is 144 cm³/mol. The van der Waals surface area contributed by atoms with Gasteiger partial charge in [0.15, 0.2) is 0 Å². The van der Waals surface area contributed by atoms with Crippen molar-refractivity contribution >= 4 is 34.8 Å². The molecule has 3 N–H and O–H groups in total. The van der Waals surface area contributed by atoms with Crippen molar-refractivity contribution in [1.82, 2.24) is 20.6 Å². The van der Waals surface area contributed by atoms with E-state index in [2.05, 4.69) is 32.8 Å². The number of carbonyl (C=O) groups excluding carboxylic acids is 1. The van der Waals surface area contributed by atoms with Crippen molar-refractivity contribution in [2.45, 2.75) is 32.7 Å². The molecule has 10 heteroatoms. The van der Waals surface area contributed by atoms with Crippen LogP contribution in [0.3, 0.4) is 0 Å². The Bertz CT molecular complexity index is 1310. The molecule has 1 amide bonds. The maximum absolute atomic E-state index is 14.9. The van der Waals surface area contributed by atoms with E-state index in [0.29, 0.717) is 53.0 Å². The second-order valence-electron chi connectivity index (χ2n) is 8.95. The van der Waals surface area contributed by atoms with Crippen LogP contribution in [0, 0.1) is 5.82 Å². The van der Waals surface area contributed by atoms with Gasteiger partial charge in [-0.2, -0.15) is 0 Å². The summed E-state index contributed by atoms with van der Waals surface area (Å²) in [7, 11) is 3.09. The first kappa shape index (κ1) is 26.2. The van der Waals surface area contributed by atoms with E-state index in [9.17, 15) is 9.18 Å². The van der Waals surface area contributed by atoms with E-state index in [1.54, 1.807) is 43.7 Å². The van der Waals surface area contributed by atoms with Crippen LogP contribution in [0.4, 0.5) is 21.7 Å². The summed E-state index contributed by atoms with van der Waals surface area (Å²) in [5.74, 6) is 0.271. The van der Waals surface area contributed by atoms with E-state index in [4.69, 9.17) is 16.3 Å². The normalized spacial score (nSPS) is 15.0. The third-order valence-electron chi connectivity index (χ3n) is 6.02. The lowest BCUT2D eigenvalue weighted by molar-refractivity contribution is 0.0962. The average molecular weight is 525 g/mol. The summed E-state index contributed by atoms with van der Waals surface area (Å²) in [6.07, 6.45) is 6.51. The number of methoxy groups -OCH3 is 1. The number of ether oxygens (including phenoxy) is 1. The average Bonchev–Trinajstić information content (AvgIpc) is 2.88. The van der Waals surface area contributed by atoms with Crippen LogP contribution < -0.4 is 25.6 Å². The first-order chi connectivity index (χ1) is 17.8. The van der Waals surface area contributed by atoms with Gasteiger partial charge in [0.25, 0.3) is 5.91 Å². The third-order valence-corrected chi connectivity index (χ3v) is 6.45. The van der Waals surface area contributed by atoms with E-state index in [1.807, 2.05) is 18.0 Å². The number of amides is 1. The van der Waals surface area contributed by atoms with Gasteiger partial charge in [0.2, 0.25) is 5.95 Å². The Morgan fingerprint density at radius 1 is 1.24 bits per heavy atom. The topological polar surface area (TPSA) is 91.4 Å². The van der Waals surface area contributed by atoms with Crippen LogP contribution in [0.15, 0.2) is 54.6 Å². The molecule has 0 radical (unpaired) electrons. The van der Waals surface area contributed by atoms with Crippen molar-refractivity contribution in [3.8, 4) is 5.75 Å². The highest BCUT2D eigenvalue weighted by molar-refractivity contribution is 6.33. The number of anilines is 3. The molecule has 0 unspecified atom stereocenters. The van der Waals surface area contributed by atoms with Crippen LogP contribution in [-0.4, -0.2) is 42.6 Å². The summed E-state index contributed by atoms with van der Waals surface area (Å²) in [5.41, 5.74) is 4.23. The maximum atomic E-state index is 14.9. The number of halogens is 2. The minimum Gasteiger partial charge on any atom is -0.495 e. The van der Waals surface area contributed by atoms with Crippen LogP contribution >= 0.6 is 11.6 Å². The zero-order valence-corrected chi connectivity index (χ0v) is 22.0. The molecule has 8 nitrogen and oxygen atoms in total. The monoisotopic (exact) mass is 524 g/mol. The molecule has 1 atom stereocenters. The van der Waals surface area contributed by atoms with Gasteiger partial charge in [-0.25, -0.2) is 14.4 Å². The van der Waals surface area contributed by atoms with E-state index in [-0.39, 0.29) is 17.8 Å². The standard InChI is InChI=1S/C27H30ClFN6O2/c1-16-14-35(15-17(2)33-16)23-8-7-21(11-22(23)29)34-27-31-12-18(13-32-27)5-6-19-9-20(26(36)30-3)10-24(37-4)25(19)28/h7-14,17,33H,5-6,15H2,1-4H3,(H,30,36)(H,31,32,34)/t17-/m0/s1. The van der Waals surface area contributed by atoms with Crippen molar-refractivity contribution in [3.05, 3.63) is 82.2 Å². The van der Waals surface area contributed by atoms with Gasteiger partial charge in [0.1, 0.15) is 11.6 Å².